The molecule has 2 fully saturated rings. The van der Waals surface area contributed by atoms with Gasteiger partial charge in [0.15, 0.2) is 0 Å². The second-order valence-electron chi connectivity index (χ2n) is 11.2. The lowest BCUT2D eigenvalue weighted by Gasteiger charge is -2.38. The van der Waals surface area contributed by atoms with Gasteiger partial charge in [0.1, 0.15) is 0 Å². The minimum absolute atomic E-state index is 0.435. The summed E-state index contributed by atoms with van der Waals surface area (Å²) in [7, 11) is 0. The van der Waals surface area contributed by atoms with Crippen molar-refractivity contribution in [3.8, 4) is 0 Å². The maximum atomic E-state index is 5.50. The number of nitrogens with one attached hydrogen (secondary N) is 4. The predicted molar refractivity (Wildman–Crippen MR) is 130 cm³/mol. The van der Waals surface area contributed by atoms with Gasteiger partial charge in [0.05, 0.1) is 23.5 Å². The first-order valence-corrected chi connectivity index (χ1v) is 13.9. The van der Waals surface area contributed by atoms with Gasteiger partial charge in [-0.15, -0.1) is 0 Å². The summed E-state index contributed by atoms with van der Waals surface area (Å²) in [6, 6.07) is 5.80. The Bertz CT molecular complexity index is 733. The average molecular weight is 438 g/mol. The molecule has 0 aromatic carbocycles. The molecule has 5 heteroatoms. The Balaban J connectivity index is 1.35. The molecular weight excluding hydrogens is 394 g/mol. The first-order chi connectivity index (χ1) is 15.8. The van der Waals surface area contributed by atoms with Gasteiger partial charge in [-0.2, -0.15) is 0 Å². The molecule has 6 rings (SSSR count). The highest BCUT2D eigenvalue weighted by atomic mass is 15.1. The molecule has 2 bridgehead atoms. The van der Waals surface area contributed by atoms with E-state index in [0.717, 1.165) is 13.1 Å². The van der Waals surface area contributed by atoms with Crippen LogP contribution in [0.3, 0.4) is 0 Å². The number of fused-ring (bicyclic) bond motifs is 2. The number of rotatable bonds is 0. The Kier molecular flexibility index (Phi) is 6.52. The van der Waals surface area contributed by atoms with Gasteiger partial charge in [0, 0.05) is 37.3 Å². The van der Waals surface area contributed by atoms with Crippen molar-refractivity contribution in [1.82, 2.24) is 26.3 Å². The monoisotopic (exact) mass is 437 g/mol. The molecule has 4 N–H and O–H groups in total. The molecule has 176 valence electrons. The van der Waals surface area contributed by atoms with E-state index < -0.39 is 0 Å². The fourth-order valence-corrected chi connectivity index (χ4v) is 7.41. The summed E-state index contributed by atoms with van der Waals surface area (Å²) in [6.07, 6.45) is 18.2. The Morgan fingerprint density at radius 3 is 1.53 bits per heavy atom. The second-order valence-corrected chi connectivity index (χ2v) is 11.2. The number of aryl methyl sites for hydroxylation is 2. The van der Waals surface area contributed by atoms with Gasteiger partial charge in [-0.3, -0.25) is 4.98 Å². The van der Waals surface area contributed by atoms with E-state index in [2.05, 4.69) is 27.3 Å². The number of hydrogen-bond acceptors (Lipinski definition) is 5. The van der Waals surface area contributed by atoms with Crippen LogP contribution in [-0.2, 0) is 12.8 Å². The van der Waals surface area contributed by atoms with Crippen LogP contribution >= 0.6 is 0 Å². The van der Waals surface area contributed by atoms with E-state index in [1.165, 1.54) is 112 Å². The second kappa shape index (κ2) is 9.69. The molecule has 0 saturated heterocycles. The van der Waals surface area contributed by atoms with E-state index in [1.807, 2.05) is 0 Å². The lowest BCUT2D eigenvalue weighted by Crippen LogP contribution is -2.54. The minimum Gasteiger partial charge on any atom is -0.311 e. The first kappa shape index (κ1) is 21.5. The van der Waals surface area contributed by atoms with E-state index in [4.69, 9.17) is 4.98 Å². The van der Waals surface area contributed by atoms with Gasteiger partial charge in [0.25, 0.3) is 0 Å². The summed E-state index contributed by atoms with van der Waals surface area (Å²) in [5, 5.41) is 16.1. The standard InChI is InChI=1S/C27H43N5/c1-3-11-22-20(9-1)28-15-16-29-21-10-2-4-12-23(21)31-25-14-6-8-19-17-18-7-5-13-24(30-22)26(18)32-27(19)25/h17,20-25,28-31H,1-16H2/t20-,21?,22?,23?,24?,25?/m1/s1. The van der Waals surface area contributed by atoms with E-state index in [1.54, 1.807) is 0 Å². The predicted octanol–water partition coefficient (Wildman–Crippen LogP) is 3.83. The maximum Gasteiger partial charge on any atom is 0.0609 e. The van der Waals surface area contributed by atoms with Gasteiger partial charge in [-0.05, 0) is 75.3 Å². The molecule has 1 aliphatic heterocycles. The van der Waals surface area contributed by atoms with Crippen LogP contribution in [0.4, 0.5) is 0 Å². The van der Waals surface area contributed by atoms with Crippen LogP contribution in [0, 0.1) is 0 Å². The maximum absolute atomic E-state index is 5.50. The lowest BCUT2D eigenvalue weighted by atomic mass is 9.83. The summed E-state index contributed by atoms with van der Waals surface area (Å²) in [6.45, 7) is 2.17. The average Bonchev–Trinajstić information content (AvgIpc) is 2.83. The zero-order valence-corrected chi connectivity index (χ0v) is 19.8. The van der Waals surface area contributed by atoms with Crippen LogP contribution < -0.4 is 21.3 Å². The van der Waals surface area contributed by atoms with Crippen molar-refractivity contribution in [2.24, 2.45) is 0 Å². The van der Waals surface area contributed by atoms with Crippen molar-refractivity contribution in [3.63, 3.8) is 0 Å². The van der Waals surface area contributed by atoms with Gasteiger partial charge in [-0.1, -0.05) is 31.7 Å². The quantitative estimate of drug-likeness (QED) is 0.497. The van der Waals surface area contributed by atoms with Crippen molar-refractivity contribution in [2.45, 2.75) is 126 Å². The first-order valence-electron chi connectivity index (χ1n) is 13.9. The van der Waals surface area contributed by atoms with Crippen LogP contribution in [0.5, 0.6) is 0 Å². The summed E-state index contributed by atoms with van der Waals surface area (Å²) in [5.74, 6) is 0. The number of nitrogens with zero attached hydrogens (tertiary/aromatic N) is 1. The number of aromatic nitrogens is 1. The Labute approximate surface area is 194 Å². The van der Waals surface area contributed by atoms with Crippen molar-refractivity contribution < 1.29 is 0 Å². The molecule has 6 atom stereocenters. The highest BCUT2D eigenvalue weighted by molar-refractivity contribution is 5.37. The smallest absolute Gasteiger partial charge is 0.0609 e. The molecule has 2 heterocycles. The summed E-state index contributed by atoms with van der Waals surface area (Å²) in [5.41, 5.74) is 5.85. The minimum atomic E-state index is 0.435. The number of hydrogen-bond donors (Lipinski definition) is 4. The fourth-order valence-electron chi connectivity index (χ4n) is 7.41. The summed E-state index contributed by atoms with van der Waals surface area (Å²) >= 11 is 0. The van der Waals surface area contributed by atoms with Crippen molar-refractivity contribution in [1.29, 1.82) is 0 Å². The SMILES string of the molecule is c1c2c3nc4c1CCCC4NC1CCCC[C@H]1NCCNC1CCCCC1NC3CCC2. The van der Waals surface area contributed by atoms with E-state index in [-0.39, 0.29) is 0 Å². The van der Waals surface area contributed by atoms with Gasteiger partial charge < -0.3 is 21.3 Å². The Morgan fingerprint density at radius 1 is 0.562 bits per heavy atom. The lowest BCUT2D eigenvalue weighted by molar-refractivity contribution is 0.243. The molecule has 5 nitrogen and oxygen atoms in total. The molecule has 2 saturated carbocycles. The van der Waals surface area contributed by atoms with Crippen LogP contribution in [0.2, 0.25) is 0 Å². The van der Waals surface area contributed by atoms with E-state index >= 15 is 0 Å². The van der Waals surface area contributed by atoms with Gasteiger partial charge in [-0.25, -0.2) is 0 Å². The molecule has 5 aliphatic rings. The molecule has 1 aromatic rings. The van der Waals surface area contributed by atoms with Gasteiger partial charge in [0.2, 0.25) is 0 Å². The van der Waals surface area contributed by atoms with E-state index in [9.17, 15) is 0 Å². The van der Waals surface area contributed by atoms with E-state index in [0.29, 0.717) is 36.3 Å². The Hall–Kier alpha value is -1.01. The molecule has 4 aliphatic carbocycles. The van der Waals surface area contributed by atoms with Crippen LogP contribution in [0.1, 0.15) is 112 Å². The number of pyridine rings is 1. The molecule has 1 aromatic heterocycles. The largest absolute Gasteiger partial charge is 0.311 e. The normalized spacial score (nSPS) is 38.0. The summed E-state index contributed by atoms with van der Waals surface area (Å²) < 4.78 is 0. The van der Waals surface area contributed by atoms with Gasteiger partial charge >= 0.3 is 0 Å². The topological polar surface area (TPSA) is 61.0 Å². The molecule has 5 unspecified atom stereocenters. The third kappa shape index (κ3) is 4.38. The molecule has 32 heavy (non-hydrogen) atoms. The van der Waals surface area contributed by atoms with Crippen molar-refractivity contribution in [3.05, 3.63) is 28.6 Å². The third-order valence-corrected chi connectivity index (χ3v) is 9.09. The Morgan fingerprint density at radius 2 is 1.03 bits per heavy atom. The highest BCUT2D eigenvalue weighted by Crippen LogP contribution is 2.37. The zero-order chi connectivity index (χ0) is 21.3. The molecule has 0 amide bonds. The zero-order valence-electron chi connectivity index (χ0n) is 19.8. The van der Waals surface area contributed by atoms with Crippen LogP contribution in [0.15, 0.2) is 6.07 Å². The fraction of sp³-hybridized carbons (Fsp3) is 0.815. The van der Waals surface area contributed by atoms with Crippen LogP contribution in [-0.4, -0.2) is 42.2 Å². The molecule has 0 radical (unpaired) electrons. The van der Waals surface area contributed by atoms with Crippen molar-refractivity contribution in [2.75, 3.05) is 13.1 Å². The van der Waals surface area contributed by atoms with Crippen molar-refractivity contribution >= 4 is 0 Å². The third-order valence-electron chi connectivity index (χ3n) is 9.09. The van der Waals surface area contributed by atoms with Crippen LogP contribution in [0.25, 0.3) is 0 Å². The molecular formula is C27H43N5. The highest BCUT2D eigenvalue weighted by Gasteiger charge is 2.34. The molecule has 0 spiro atoms. The summed E-state index contributed by atoms with van der Waals surface area (Å²) in [4.78, 5) is 5.50.